The molecule has 2 aliphatic rings. The predicted octanol–water partition coefficient (Wildman–Crippen LogP) is 0.221. The largest absolute Gasteiger partial charge is 0.342 e. The quantitative estimate of drug-likeness (QED) is 0.834. The highest BCUT2D eigenvalue weighted by Crippen LogP contribution is 2.27. The second-order valence-corrected chi connectivity index (χ2v) is 6.21. The lowest BCUT2D eigenvalue weighted by atomic mass is 9.96. The van der Waals surface area contributed by atoms with Crippen molar-refractivity contribution in [2.75, 3.05) is 38.1 Å². The molecule has 0 aliphatic carbocycles. The Balaban J connectivity index is 1.62. The molecule has 7 nitrogen and oxygen atoms in total. The van der Waals surface area contributed by atoms with Gasteiger partial charge in [0.1, 0.15) is 0 Å². The van der Waals surface area contributed by atoms with Gasteiger partial charge >= 0.3 is 0 Å². The molecule has 3 heterocycles. The monoisotopic (exact) mass is 305 g/mol. The molecule has 22 heavy (non-hydrogen) atoms. The summed E-state index contributed by atoms with van der Waals surface area (Å²) in [6.45, 7) is 3.02. The lowest BCUT2D eigenvalue weighted by Gasteiger charge is -2.34. The van der Waals surface area contributed by atoms with Crippen molar-refractivity contribution in [3.63, 3.8) is 0 Å². The molecule has 7 heteroatoms. The molecule has 0 radical (unpaired) electrons. The molecule has 2 atom stereocenters. The van der Waals surface area contributed by atoms with Crippen LogP contribution < -0.4 is 10.2 Å². The van der Waals surface area contributed by atoms with E-state index in [1.807, 2.05) is 11.9 Å². The molecule has 3 rings (SSSR count). The molecule has 1 aromatic rings. The van der Waals surface area contributed by atoms with Crippen molar-refractivity contribution in [1.82, 2.24) is 20.4 Å². The Morgan fingerprint density at radius 2 is 2.36 bits per heavy atom. The summed E-state index contributed by atoms with van der Waals surface area (Å²) in [6.07, 6.45) is 5.82. The number of aromatic nitrogens is 2. The van der Waals surface area contributed by atoms with Crippen molar-refractivity contribution in [2.45, 2.75) is 19.3 Å². The van der Waals surface area contributed by atoms with Gasteiger partial charge in [-0.3, -0.25) is 14.7 Å². The minimum Gasteiger partial charge on any atom is -0.342 e. The summed E-state index contributed by atoms with van der Waals surface area (Å²) in [5.41, 5.74) is 0.743. The van der Waals surface area contributed by atoms with Crippen LogP contribution >= 0.6 is 0 Å². The minimum absolute atomic E-state index is 0.00327. The number of piperidine rings is 1. The summed E-state index contributed by atoms with van der Waals surface area (Å²) in [5, 5.41) is 9.77. The Morgan fingerprint density at radius 1 is 1.50 bits per heavy atom. The standard InChI is InChI=1S/C15H23N5O2/c1-16-6-11-3-2-4-19(9-11)15(22)12-5-14(21)20(10-12)13-7-17-18-8-13/h7-8,11-12,16H,2-6,9-10H2,1H3,(H,17,18). The van der Waals surface area contributed by atoms with Crippen LogP contribution in [0.5, 0.6) is 0 Å². The second-order valence-electron chi connectivity index (χ2n) is 6.21. The van der Waals surface area contributed by atoms with Crippen molar-refractivity contribution in [2.24, 2.45) is 11.8 Å². The van der Waals surface area contributed by atoms with E-state index in [-0.39, 0.29) is 17.7 Å². The van der Waals surface area contributed by atoms with Crippen molar-refractivity contribution in [3.05, 3.63) is 12.4 Å². The van der Waals surface area contributed by atoms with Gasteiger partial charge in [0.2, 0.25) is 11.8 Å². The van der Waals surface area contributed by atoms with E-state index in [1.165, 1.54) is 0 Å². The third-order valence-electron chi connectivity index (χ3n) is 4.59. The Labute approximate surface area is 130 Å². The van der Waals surface area contributed by atoms with Gasteiger partial charge in [-0.25, -0.2) is 0 Å². The van der Waals surface area contributed by atoms with Gasteiger partial charge in [-0.2, -0.15) is 5.10 Å². The number of H-pyrrole nitrogens is 1. The molecule has 2 unspecified atom stereocenters. The molecule has 2 amide bonds. The molecule has 2 N–H and O–H groups in total. The lowest BCUT2D eigenvalue weighted by Crippen LogP contribution is -2.45. The fourth-order valence-corrected chi connectivity index (χ4v) is 3.49. The van der Waals surface area contributed by atoms with Crippen LogP contribution in [-0.4, -0.2) is 60.1 Å². The zero-order valence-electron chi connectivity index (χ0n) is 12.9. The number of carbonyl (C=O) groups is 2. The van der Waals surface area contributed by atoms with Crippen molar-refractivity contribution in [3.8, 4) is 0 Å². The van der Waals surface area contributed by atoms with Gasteiger partial charge < -0.3 is 15.1 Å². The maximum Gasteiger partial charge on any atom is 0.228 e. The number of nitrogens with zero attached hydrogens (tertiary/aromatic N) is 3. The van der Waals surface area contributed by atoms with Gasteiger partial charge in [-0.1, -0.05) is 0 Å². The SMILES string of the molecule is CNCC1CCCN(C(=O)C2CC(=O)N(c3cn[nH]c3)C2)C1. The van der Waals surface area contributed by atoms with Crippen LogP contribution in [0.15, 0.2) is 12.4 Å². The zero-order chi connectivity index (χ0) is 15.5. The number of hydrogen-bond donors (Lipinski definition) is 2. The maximum absolute atomic E-state index is 12.7. The molecule has 0 saturated carbocycles. The molecular formula is C15H23N5O2. The summed E-state index contributed by atoms with van der Waals surface area (Å²) >= 11 is 0. The average Bonchev–Trinajstić information content (AvgIpc) is 3.16. The van der Waals surface area contributed by atoms with Gasteiger partial charge in [-0.05, 0) is 32.4 Å². The highest BCUT2D eigenvalue weighted by molar-refractivity contribution is 6.00. The number of nitrogens with one attached hydrogen (secondary N) is 2. The van der Waals surface area contributed by atoms with Gasteiger partial charge in [0.25, 0.3) is 0 Å². The number of anilines is 1. The van der Waals surface area contributed by atoms with E-state index < -0.39 is 0 Å². The molecule has 0 spiro atoms. The number of carbonyl (C=O) groups excluding carboxylic acids is 2. The summed E-state index contributed by atoms with van der Waals surface area (Å²) in [6, 6.07) is 0. The number of likely N-dealkylation sites (tertiary alicyclic amines) is 1. The van der Waals surface area contributed by atoms with Crippen LogP contribution in [0.2, 0.25) is 0 Å². The molecule has 0 bridgehead atoms. The van der Waals surface area contributed by atoms with E-state index in [4.69, 9.17) is 0 Å². The number of aromatic amines is 1. The van der Waals surface area contributed by atoms with E-state index in [1.54, 1.807) is 17.3 Å². The Kier molecular flexibility index (Phi) is 4.42. The highest BCUT2D eigenvalue weighted by Gasteiger charge is 2.38. The van der Waals surface area contributed by atoms with E-state index in [9.17, 15) is 9.59 Å². The number of hydrogen-bond acceptors (Lipinski definition) is 4. The first-order valence-electron chi connectivity index (χ1n) is 7.91. The molecule has 1 aromatic heterocycles. The summed E-state index contributed by atoms with van der Waals surface area (Å²) < 4.78 is 0. The fourth-order valence-electron chi connectivity index (χ4n) is 3.49. The van der Waals surface area contributed by atoms with E-state index in [2.05, 4.69) is 15.5 Å². The molecule has 0 aromatic carbocycles. The zero-order valence-corrected chi connectivity index (χ0v) is 12.9. The Bertz CT molecular complexity index is 528. The maximum atomic E-state index is 12.7. The lowest BCUT2D eigenvalue weighted by molar-refractivity contribution is -0.137. The van der Waals surface area contributed by atoms with Crippen molar-refractivity contribution in [1.29, 1.82) is 0 Å². The van der Waals surface area contributed by atoms with E-state index in [0.717, 1.165) is 38.2 Å². The van der Waals surface area contributed by atoms with Crippen LogP contribution in [0.1, 0.15) is 19.3 Å². The van der Waals surface area contributed by atoms with Crippen LogP contribution in [-0.2, 0) is 9.59 Å². The molecule has 2 aliphatic heterocycles. The molecule has 2 saturated heterocycles. The van der Waals surface area contributed by atoms with Crippen LogP contribution in [0.25, 0.3) is 0 Å². The highest BCUT2D eigenvalue weighted by atomic mass is 16.2. The third kappa shape index (κ3) is 2.99. The summed E-state index contributed by atoms with van der Waals surface area (Å²) in [4.78, 5) is 28.5. The summed E-state index contributed by atoms with van der Waals surface area (Å²) in [7, 11) is 1.94. The Morgan fingerprint density at radius 3 is 3.09 bits per heavy atom. The normalized spacial score (nSPS) is 25.8. The fraction of sp³-hybridized carbons (Fsp3) is 0.667. The first kappa shape index (κ1) is 15.0. The smallest absolute Gasteiger partial charge is 0.228 e. The third-order valence-corrected chi connectivity index (χ3v) is 4.59. The van der Waals surface area contributed by atoms with Crippen LogP contribution in [0.3, 0.4) is 0 Å². The molecular weight excluding hydrogens is 282 g/mol. The van der Waals surface area contributed by atoms with Crippen molar-refractivity contribution >= 4 is 17.5 Å². The molecule has 2 fully saturated rings. The number of rotatable bonds is 4. The Hall–Kier alpha value is -1.89. The first-order chi connectivity index (χ1) is 10.7. The number of amides is 2. The predicted molar refractivity (Wildman–Crippen MR) is 82.3 cm³/mol. The van der Waals surface area contributed by atoms with Gasteiger partial charge in [0.15, 0.2) is 0 Å². The topological polar surface area (TPSA) is 81.3 Å². The summed E-state index contributed by atoms with van der Waals surface area (Å²) in [5.74, 6) is 0.421. The molecule has 120 valence electrons. The van der Waals surface area contributed by atoms with Crippen molar-refractivity contribution < 1.29 is 9.59 Å². The first-order valence-corrected chi connectivity index (χ1v) is 7.91. The second kappa shape index (κ2) is 6.48. The van der Waals surface area contributed by atoms with Crippen LogP contribution in [0.4, 0.5) is 5.69 Å². The van der Waals surface area contributed by atoms with Gasteiger partial charge in [-0.15, -0.1) is 0 Å². The van der Waals surface area contributed by atoms with Gasteiger partial charge in [0.05, 0.1) is 17.8 Å². The minimum atomic E-state index is -0.226. The average molecular weight is 305 g/mol. The van der Waals surface area contributed by atoms with E-state index >= 15 is 0 Å². The van der Waals surface area contributed by atoms with Crippen LogP contribution in [0, 0.1) is 11.8 Å². The van der Waals surface area contributed by atoms with E-state index in [0.29, 0.717) is 18.9 Å². The van der Waals surface area contributed by atoms with Gasteiger partial charge in [0, 0.05) is 32.3 Å².